The normalized spacial score (nSPS) is 10.4. The maximum absolute atomic E-state index is 12.0. The molecule has 0 saturated carbocycles. The fraction of sp³-hybridized carbons (Fsp3) is 0.562. The van der Waals surface area contributed by atoms with Gasteiger partial charge in [-0.2, -0.15) is 0 Å². The Kier molecular flexibility index (Phi) is 7.09. The quantitative estimate of drug-likeness (QED) is 0.790. The molecule has 0 fully saturated rings. The van der Waals surface area contributed by atoms with Gasteiger partial charge in [0.25, 0.3) is 0 Å². The summed E-state index contributed by atoms with van der Waals surface area (Å²) in [5, 5.41) is 3.36. The van der Waals surface area contributed by atoms with Crippen molar-refractivity contribution in [3.05, 3.63) is 29.8 Å². The number of para-hydroxylation sites is 1. The summed E-state index contributed by atoms with van der Waals surface area (Å²) in [6.07, 6.45) is 1.02. The number of nitrogens with zero attached hydrogens (tertiary/aromatic N) is 2. The summed E-state index contributed by atoms with van der Waals surface area (Å²) in [7, 11) is 3.61. The number of benzene rings is 1. The van der Waals surface area contributed by atoms with Gasteiger partial charge in [-0.3, -0.25) is 4.79 Å². The molecule has 0 aromatic heterocycles. The number of nitrogens with one attached hydrogen (secondary N) is 1. The van der Waals surface area contributed by atoms with Crippen molar-refractivity contribution < 1.29 is 4.79 Å². The zero-order valence-corrected chi connectivity index (χ0v) is 13.1. The Hall–Kier alpha value is -1.55. The fourth-order valence-corrected chi connectivity index (χ4v) is 2.09. The van der Waals surface area contributed by atoms with Gasteiger partial charge in [-0.05, 0) is 24.6 Å². The highest BCUT2D eigenvalue weighted by molar-refractivity contribution is 5.81. The monoisotopic (exact) mass is 277 g/mol. The topological polar surface area (TPSA) is 35.6 Å². The van der Waals surface area contributed by atoms with Gasteiger partial charge in [0.15, 0.2) is 0 Å². The van der Waals surface area contributed by atoms with E-state index in [9.17, 15) is 4.79 Å². The van der Waals surface area contributed by atoms with Crippen LogP contribution in [0.3, 0.4) is 0 Å². The average molecular weight is 277 g/mol. The van der Waals surface area contributed by atoms with Crippen molar-refractivity contribution in [2.45, 2.75) is 26.8 Å². The summed E-state index contributed by atoms with van der Waals surface area (Å²) in [5.74, 6) is 0.136. The van der Waals surface area contributed by atoms with E-state index < -0.39 is 0 Å². The predicted molar refractivity (Wildman–Crippen MR) is 85.0 cm³/mol. The summed E-state index contributed by atoms with van der Waals surface area (Å²) in [6, 6.07) is 8.31. The van der Waals surface area contributed by atoms with Crippen LogP contribution < -0.4 is 10.2 Å². The van der Waals surface area contributed by atoms with Crippen LogP contribution in [-0.4, -0.2) is 44.5 Å². The fourth-order valence-electron chi connectivity index (χ4n) is 2.09. The number of hydrogen-bond acceptors (Lipinski definition) is 3. The Labute approximate surface area is 122 Å². The molecule has 1 aromatic carbocycles. The lowest BCUT2D eigenvalue weighted by molar-refractivity contribution is -0.127. The maximum atomic E-state index is 12.0. The lowest BCUT2D eigenvalue weighted by Gasteiger charge is -2.27. The largest absolute Gasteiger partial charge is 0.362 e. The lowest BCUT2D eigenvalue weighted by Crippen LogP contribution is -2.37. The highest BCUT2D eigenvalue weighted by Gasteiger charge is 2.14. The molecule has 0 aliphatic rings. The van der Waals surface area contributed by atoms with Crippen molar-refractivity contribution in [1.29, 1.82) is 0 Å². The summed E-state index contributed by atoms with van der Waals surface area (Å²) in [6.45, 7) is 7.34. The zero-order chi connectivity index (χ0) is 15.0. The number of carbonyl (C=O) groups is 1. The van der Waals surface area contributed by atoms with E-state index >= 15 is 0 Å². The molecule has 1 aromatic rings. The Morgan fingerprint density at radius 1 is 1.20 bits per heavy atom. The molecular formula is C16H27N3O. The Morgan fingerprint density at radius 2 is 1.90 bits per heavy atom. The van der Waals surface area contributed by atoms with Gasteiger partial charge >= 0.3 is 0 Å². The van der Waals surface area contributed by atoms with Crippen LogP contribution in [0.1, 0.15) is 25.8 Å². The van der Waals surface area contributed by atoms with Gasteiger partial charge in [-0.25, -0.2) is 0 Å². The van der Waals surface area contributed by atoms with Crippen LogP contribution in [-0.2, 0) is 11.3 Å². The van der Waals surface area contributed by atoms with Gasteiger partial charge < -0.3 is 15.1 Å². The van der Waals surface area contributed by atoms with Crippen molar-refractivity contribution in [2.75, 3.05) is 38.6 Å². The van der Waals surface area contributed by atoms with Crippen LogP contribution >= 0.6 is 0 Å². The van der Waals surface area contributed by atoms with E-state index in [1.54, 1.807) is 19.0 Å². The molecule has 20 heavy (non-hydrogen) atoms. The Morgan fingerprint density at radius 3 is 2.50 bits per heavy atom. The lowest BCUT2D eigenvalue weighted by atomic mass is 10.1. The number of likely N-dealkylation sites (N-methyl/N-ethyl adjacent to an activating group) is 1. The molecular weight excluding hydrogens is 250 g/mol. The molecule has 0 heterocycles. The van der Waals surface area contributed by atoms with E-state index in [0.717, 1.165) is 31.7 Å². The molecule has 0 aliphatic carbocycles. The highest BCUT2D eigenvalue weighted by atomic mass is 16.2. The Balaban J connectivity index is 2.92. The summed E-state index contributed by atoms with van der Waals surface area (Å²) in [4.78, 5) is 15.8. The van der Waals surface area contributed by atoms with E-state index in [2.05, 4.69) is 36.2 Å². The summed E-state index contributed by atoms with van der Waals surface area (Å²) < 4.78 is 0. The van der Waals surface area contributed by atoms with Gasteiger partial charge in [0.1, 0.15) is 0 Å². The third kappa shape index (κ3) is 4.85. The first kappa shape index (κ1) is 16.5. The molecule has 0 saturated heterocycles. The van der Waals surface area contributed by atoms with Crippen LogP contribution in [0.5, 0.6) is 0 Å². The van der Waals surface area contributed by atoms with Gasteiger partial charge in [-0.15, -0.1) is 0 Å². The van der Waals surface area contributed by atoms with Crippen molar-refractivity contribution in [2.24, 2.45) is 0 Å². The number of hydrogen-bond donors (Lipinski definition) is 1. The van der Waals surface area contributed by atoms with E-state index in [1.807, 2.05) is 12.1 Å². The molecule has 0 aliphatic heterocycles. The molecule has 4 heteroatoms. The minimum absolute atomic E-state index is 0.136. The first-order valence-electron chi connectivity index (χ1n) is 7.33. The molecule has 1 amide bonds. The van der Waals surface area contributed by atoms with Crippen LogP contribution in [0.2, 0.25) is 0 Å². The molecule has 0 atom stereocenters. The molecule has 0 spiro atoms. The van der Waals surface area contributed by atoms with Crippen LogP contribution in [0.4, 0.5) is 5.69 Å². The standard InChI is InChI=1S/C16H27N3O/c1-5-11-19(13-16(20)18(3)4)15-10-8-7-9-14(15)12-17-6-2/h7-10,17H,5-6,11-13H2,1-4H3. The first-order valence-corrected chi connectivity index (χ1v) is 7.33. The van der Waals surface area contributed by atoms with Gasteiger partial charge in [0.2, 0.25) is 5.91 Å². The molecule has 1 N–H and O–H groups in total. The molecule has 0 unspecified atom stereocenters. The van der Waals surface area contributed by atoms with E-state index in [4.69, 9.17) is 0 Å². The number of rotatable bonds is 8. The maximum Gasteiger partial charge on any atom is 0.241 e. The second kappa shape index (κ2) is 8.59. The summed E-state index contributed by atoms with van der Waals surface area (Å²) >= 11 is 0. The third-order valence-electron chi connectivity index (χ3n) is 3.22. The average Bonchev–Trinajstić information content (AvgIpc) is 2.44. The van der Waals surface area contributed by atoms with E-state index in [1.165, 1.54) is 5.56 Å². The SMILES string of the molecule is CCCN(CC(=O)N(C)C)c1ccccc1CNCC. The molecule has 1 rings (SSSR count). The van der Waals surface area contributed by atoms with E-state index in [-0.39, 0.29) is 5.91 Å². The van der Waals surface area contributed by atoms with Gasteiger partial charge in [0, 0.05) is 32.9 Å². The van der Waals surface area contributed by atoms with Crippen LogP contribution in [0.15, 0.2) is 24.3 Å². The third-order valence-corrected chi connectivity index (χ3v) is 3.22. The van der Waals surface area contributed by atoms with Crippen LogP contribution in [0, 0.1) is 0 Å². The Bertz CT molecular complexity index is 418. The van der Waals surface area contributed by atoms with Crippen molar-refractivity contribution in [1.82, 2.24) is 10.2 Å². The van der Waals surface area contributed by atoms with Gasteiger partial charge in [0.05, 0.1) is 6.54 Å². The zero-order valence-electron chi connectivity index (χ0n) is 13.1. The second-order valence-electron chi connectivity index (χ2n) is 5.12. The minimum atomic E-state index is 0.136. The minimum Gasteiger partial charge on any atom is -0.362 e. The highest BCUT2D eigenvalue weighted by Crippen LogP contribution is 2.20. The molecule has 112 valence electrons. The van der Waals surface area contributed by atoms with Crippen molar-refractivity contribution in [3.63, 3.8) is 0 Å². The summed E-state index contributed by atoms with van der Waals surface area (Å²) in [5.41, 5.74) is 2.40. The van der Waals surface area contributed by atoms with Gasteiger partial charge in [-0.1, -0.05) is 32.0 Å². The smallest absolute Gasteiger partial charge is 0.241 e. The molecule has 0 bridgehead atoms. The molecule has 4 nitrogen and oxygen atoms in total. The number of carbonyl (C=O) groups excluding carboxylic acids is 1. The number of amides is 1. The first-order chi connectivity index (χ1) is 9.60. The van der Waals surface area contributed by atoms with Crippen LogP contribution in [0.25, 0.3) is 0 Å². The van der Waals surface area contributed by atoms with E-state index in [0.29, 0.717) is 6.54 Å². The van der Waals surface area contributed by atoms with Crippen molar-refractivity contribution >= 4 is 11.6 Å². The molecule has 0 radical (unpaired) electrons. The predicted octanol–water partition coefficient (Wildman–Crippen LogP) is 2.10. The second-order valence-corrected chi connectivity index (χ2v) is 5.12. The number of anilines is 1. The van der Waals surface area contributed by atoms with Crippen molar-refractivity contribution in [3.8, 4) is 0 Å².